The molecule has 0 bridgehead atoms. The van der Waals surface area contributed by atoms with Crippen molar-refractivity contribution in [1.82, 2.24) is 15.5 Å². The number of hydrogen-bond donors (Lipinski definition) is 2. The van der Waals surface area contributed by atoms with Crippen molar-refractivity contribution >= 4 is 11.9 Å². The van der Waals surface area contributed by atoms with Gasteiger partial charge in [0.1, 0.15) is 17.8 Å². The van der Waals surface area contributed by atoms with Crippen molar-refractivity contribution in [3.8, 4) is 11.8 Å². The molecular formula is C25H30N4O4. The summed E-state index contributed by atoms with van der Waals surface area (Å²) in [5.41, 5.74) is 1.97. The molecule has 2 atom stereocenters. The van der Waals surface area contributed by atoms with Gasteiger partial charge in [-0.05, 0) is 36.1 Å². The van der Waals surface area contributed by atoms with Gasteiger partial charge in [-0.15, -0.1) is 0 Å². The van der Waals surface area contributed by atoms with E-state index in [1.807, 2.05) is 54.6 Å². The summed E-state index contributed by atoms with van der Waals surface area (Å²) in [7, 11) is 1.59. The summed E-state index contributed by atoms with van der Waals surface area (Å²) in [6, 6.07) is 17.5. The molecule has 2 N–H and O–H groups in total. The molecule has 1 saturated heterocycles. The van der Waals surface area contributed by atoms with Crippen molar-refractivity contribution in [3.05, 3.63) is 65.7 Å². The van der Waals surface area contributed by atoms with Gasteiger partial charge < -0.3 is 25.0 Å². The van der Waals surface area contributed by atoms with Crippen LogP contribution in [0.3, 0.4) is 0 Å². The van der Waals surface area contributed by atoms with E-state index in [1.54, 1.807) is 12.0 Å². The van der Waals surface area contributed by atoms with Gasteiger partial charge in [-0.25, -0.2) is 4.79 Å². The van der Waals surface area contributed by atoms with Crippen LogP contribution in [0.15, 0.2) is 54.6 Å². The summed E-state index contributed by atoms with van der Waals surface area (Å²) in [5.74, 6) is 0.328. The standard InChI is InChI=1S/C25H30N4O4/c1-32-22-11-8-20(9-12-22)17-23(28-25(31)29-13-15-33-16-14-29)24(30)27-21(18-26)10-7-19-5-3-2-4-6-19/h2-6,8-9,11-12,21,23H,7,10,13-17H2,1H3,(H,27,30)(H,28,31)/t21-,23-/m0/s1. The summed E-state index contributed by atoms with van der Waals surface area (Å²) in [6.07, 6.45) is 1.45. The minimum Gasteiger partial charge on any atom is -0.497 e. The second kappa shape index (κ2) is 12.5. The highest BCUT2D eigenvalue weighted by molar-refractivity contribution is 5.87. The number of nitrogens with zero attached hydrogens (tertiary/aromatic N) is 2. The molecule has 1 aliphatic rings. The van der Waals surface area contributed by atoms with Crippen molar-refractivity contribution in [2.24, 2.45) is 0 Å². The number of rotatable bonds is 9. The van der Waals surface area contributed by atoms with Gasteiger partial charge in [-0.1, -0.05) is 42.5 Å². The Balaban J connectivity index is 1.66. The van der Waals surface area contributed by atoms with Crippen molar-refractivity contribution in [2.75, 3.05) is 33.4 Å². The maximum Gasteiger partial charge on any atom is 0.318 e. The zero-order valence-electron chi connectivity index (χ0n) is 18.8. The number of amides is 3. The third kappa shape index (κ3) is 7.51. The van der Waals surface area contributed by atoms with Gasteiger partial charge >= 0.3 is 6.03 Å². The van der Waals surface area contributed by atoms with Gasteiger partial charge in [-0.3, -0.25) is 4.79 Å². The van der Waals surface area contributed by atoms with Crippen molar-refractivity contribution in [3.63, 3.8) is 0 Å². The van der Waals surface area contributed by atoms with Crippen LogP contribution < -0.4 is 15.4 Å². The molecule has 1 fully saturated rings. The van der Waals surface area contributed by atoms with Gasteiger partial charge in [0.05, 0.1) is 26.4 Å². The molecule has 0 spiro atoms. The summed E-state index contributed by atoms with van der Waals surface area (Å²) >= 11 is 0. The molecule has 2 aromatic carbocycles. The number of nitrogens with one attached hydrogen (secondary N) is 2. The Morgan fingerprint density at radius 2 is 1.76 bits per heavy atom. The van der Waals surface area contributed by atoms with E-state index < -0.39 is 12.1 Å². The largest absolute Gasteiger partial charge is 0.497 e. The number of hydrogen-bond acceptors (Lipinski definition) is 5. The van der Waals surface area contributed by atoms with Gasteiger partial charge in [0, 0.05) is 19.5 Å². The first-order valence-corrected chi connectivity index (χ1v) is 11.1. The maximum atomic E-state index is 13.1. The second-order valence-electron chi connectivity index (χ2n) is 7.87. The number of morpholine rings is 1. The summed E-state index contributed by atoms with van der Waals surface area (Å²) in [4.78, 5) is 27.5. The van der Waals surface area contributed by atoms with Crippen LogP contribution >= 0.6 is 0 Å². The minimum atomic E-state index is -0.818. The van der Waals surface area contributed by atoms with Crippen molar-refractivity contribution in [2.45, 2.75) is 31.3 Å². The maximum absolute atomic E-state index is 13.1. The first-order chi connectivity index (χ1) is 16.1. The van der Waals surface area contributed by atoms with Crippen molar-refractivity contribution in [1.29, 1.82) is 5.26 Å². The lowest BCUT2D eigenvalue weighted by Crippen LogP contribution is -2.55. The molecule has 0 aliphatic carbocycles. The Morgan fingerprint density at radius 3 is 2.39 bits per heavy atom. The van der Waals surface area contributed by atoms with Crippen LogP contribution in [-0.2, 0) is 22.4 Å². The Labute approximate surface area is 194 Å². The van der Waals surface area contributed by atoms with Gasteiger partial charge in [0.25, 0.3) is 0 Å². The van der Waals surface area contributed by atoms with Crippen LogP contribution in [0.4, 0.5) is 4.79 Å². The number of urea groups is 1. The molecule has 1 heterocycles. The van der Waals surface area contributed by atoms with E-state index in [0.717, 1.165) is 11.1 Å². The average Bonchev–Trinajstić information content (AvgIpc) is 2.87. The number of carbonyl (C=O) groups excluding carboxylic acids is 2. The average molecular weight is 451 g/mol. The van der Waals surface area contributed by atoms with Crippen molar-refractivity contribution < 1.29 is 19.1 Å². The topological polar surface area (TPSA) is 104 Å². The first-order valence-electron chi connectivity index (χ1n) is 11.1. The quantitative estimate of drug-likeness (QED) is 0.610. The smallest absolute Gasteiger partial charge is 0.318 e. The van der Waals surface area contributed by atoms with E-state index in [1.165, 1.54) is 0 Å². The zero-order chi connectivity index (χ0) is 23.5. The number of methoxy groups -OCH3 is 1. The van der Waals surface area contributed by atoms with E-state index in [2.05, 4.69) is 16.7 Å². The third-order valence-electron chi connectivity index (χ3n) is 5.55. The summed E-state index contributed by atoms with van der Waals surface area (Å²) in [6.45, 7) is 1.89. The highest BCUT2D eigenvalue weighted by Gasteiger charge is 2.26. The van der Waals surface area contributed by atoms with Crippen LogP contribution in [0, 0.1) is 11.3 Å². The molecule has 174 valence electrons. The summed E-state index contributed by atoms with van der Waals surface area (Å²) < 4.78 is 10.5. The van der Waals surface area contributed by atoms with Crippen LogP contribution in [0.5, 0.6) is 5.75 Å². The highest BCUT2D eigenvalue weighted by atomic mass is 16.5. The lowest BCUT2D eigenvalue weighted by molar-refractivity contribution is -0.123. The fourth-order valence-corrected chi connectivity index (χ4v) is 3.61. The van der Waals surface area contributed by atoms with Crippen LogP contribution in [-0.4, -0.2) is 62.3 Å². The molecule has 3 amide bonds. The molecule has 8 nitrogen and oxygen atoms in total. The monoisotopic (exact) mass is 450 g/mol. The predicted molar refractivity (Wildman–Crippen MR) is 124 cm³/mol. The molecule has 2 aromatic rings. The molecule has 33 heavy (non-hydrogen) atoms. The van der Waals surface area contributed by atoms with E-state index in [0.29, 0.717) is 51.3 Å². The van der Waals surface area contributed by atoms with E-state index in [4.69, 9.17) is 9.47 Å². The lowest BCUT2D eigenvalue weighted by atomic mass is 10.0. The number of carbonyl (C=O) groups is 2. The Bertz CT molecular complexity index is 937. The second-order valence-corrected chi connectivity index (χ2v) is 7.87. The predicted octanol–water partition coefficient (Wildman–Crippen LogP) is 2.29. The number of nitriles is 1. The molecule has 0 radical (unpaired) electrons. The zero-order valence-corrected chi connectivity index (χ0v) is 18.8. The Kier molecular flexibility index (Phi) is 9.09. The molecule has 1 aliphatic heterocycles. The lowest BCUT2D eigenvalue weighted by Gasteiger charge is -2.29. The van der Waals surface area contributed by atoms with Gasteiger partial charge in [0.15, 0.2) is 0 Å². The Hall–Kier alpha value is -3.57. The van der Waals surface area contributed by atoms with Gasteiger partial charge in [0.2, 0.25) is 5.91 Å². The van der Waals surface area contributed by atoms with Crippen LogP contribution in [0.2, 0.25) is 0 Å². The first kappa shape index (κ1) is 24.1. The van der Waals surface area contributed by atoms with E-state index in [-0.39, 0.29) is 11.9 Å². The molecule has 3 rings (SSSR count). The normalized spacial score (nSPS) is 15.1. The molecular weight excluding hydrogens is 420 g/mol. The molecule has 0 saturated carbocycles. The molecule has 8 heteroatoms. The SMILES string of the molecule is COc1ccc(C[C@H](NC(=O)N2CCOCC2)C(=O)N[C@H](C#N)CCc2ccccc2)cc1. The summed E-state index contributed by atoms with van der Waals surface area (Å²) in [5, 5.41) is 15.2. The highest BCUT2D eigenvalue weighted by Crippen LogP contribution is 2.14. The Morgan fingerprint density at radius 1 is 1.06 bits per heavy atom. The van der Waals surface area contributed by atoms with Crippen LogP contribution in [0.25, 0.3) is 0 Å². The van der Waals surface area contributed by atoms with E-state index >= 15 is 0 Å². The number of ether oxygens (including phenoxy) is 2. The fraction of sp³-hybridized carbons (Fsp3) is 0.400. The van der Waals surface area contributed by atoms with Gasteiger partial charge in [-0.2, -0.15) is 5.26 Å². The fourth-order valence-electron chi connectivity index (χ4n) is 3.61. The number of aryl methyl sites for hydroxylation is 1. The van der Waals surface area contributed by atoms with Crippen LogP contribution in [0.1, 0.15) is 17.5 Å². The molecule has 0 aromatic heterocycles. The number of benzene rings is 2. The van der Waals surface area contributed by atoms with E-state index in [9.17, 15) is 14.9 Å². The molecule has 0 unspecified atom stereocenters. The third-order valence-corrected chi connectivity index (χ3v) is 5.55. The minimum absolute atomic E-state index is 0.294.